The van der Waals surface area contributed by atoms with E-state index in [1.165, 1.54) is 5.56 Å². The first-order valence-corrected chi connectivity index (χ1v) is 7.46. The molecule has 0 aliphatic carbocycles. The number of methoxy groups -OCH3 is 1. The van der Waals surface area contributed by atoms with Crippen LogP contribution < -0.4 is 5.32 Å². The van der Waals surface area contributed by atoms with Crippen LogP contribution in [0.4, 0.5) is 0 Å². The largest absolute Gasteiger partial charge is 0.382 e. The van der Waals surface area contributed by atoms with E-state index in [9.17, 15) is 0 Å². The fraction of sp³-hybridized carbons (Fsp3) is 0.600. The van der Waals surface area contributed by atoms with Crippen LogP contribution in [0.1, 0.15) is 19.4 Å². The molecule has 1 aromatic rings. The first-order chi connectivity index (χ1) is 9.11. The van der Waals surface area contributed by atoms with Crippen LogP contribution in [0.15, 0.2) is 28.7 Å². The summed E-state index contributed by atoms with van der Waals surface area (Å²) in [7, 11) is 1.71. The van der Waals surface area contributed by atoms with E-state index in [1.54, 1.807) is 7.11 Å². The highest BCUT2D eigenvalue weighted by Crippen LogP contribution is 2.13. The van der Waals surface area contributed by atoms with Crippen LogP contribution in [0.25, 0.3) is 0 Å². The number of hydrogen-bond acceptors (Lipinski definition) is 3. The predicted octanol–water partition coefficient (Wildman–Crippen LogP) is 3.23. The van der Waals surface area contributed by atoms with Crippen LogP contribution in [0, 0.1) is 5.92 Å². The van der Waals surface area contributed by atoms with E-state index in [2.05, 4.69) is 47.2 Å². The first-order valence-electron chi connectivity index (χ1n) is 6.67. The molecule has 0 aromatic heterocycles. The molecule has 1 rings (SSSR count). The van der Waals surface area contributed by atoms with Gasteiger partial charge in [0.15, 0.2) is 0 Å². The van der Waals surface area contributed by atoms with Crippen LogP contribution in [-0.4, -0.2) is 32.9 Å². The van der Waals surface area contributed by atoms with Gasteiger partial charge in [-0.15, -0.1) is 0 Å². The molecule has 108 valence electrons. The number of rotatable bonds is 9. The number of hydrogen-bond donors (Lipinski definition) is 1. The van der Waals surface area contributed by atoms with Gasteiger partial charge in [-0.3, -0.25) is 0 Å². The Morgan fingerprint density at radius 1 is 1.26 bits per heavy atom. The van der Waals surface area contributed by atoms with Gasteiger partial charge >= 0.3 is 0 Å². The van der Waals surface area contributed by atoms with Crippen LogP contribution in [0.2, 0.25) is 0 Å². The van der Waals surface area contributed by atoms with Crippen LogP contribution in [0.5, 0.6) is 0 Å². The molecule has 0 heterocycles. The maximum Gasteiger partial charge on any atom is 0.0936 e. The summed E-state index contributed by atoms with van der Waals surface area (Å²) in [6.45, 7) is 7.43. The van der Waals surface area contributed by atoms with Crippen LogP contribution in [-0.2, 0) is 16.1 Å². The van der Waals surface area contributed by atoms with E-state index in [0.717, 1.165) is 17.6 Å². The first kappa shape index (κ1) is 16.6. The van der Waals surface area contributed by atoms with E-state index in [4.69, 9.17) is 9.47 Å². The Kier molecular flexibility index (Phi) is 8.30. The molecule has 0 aliphatic heterocycles. The molecule has 0 bridgehead atoms. The fourth-order valence-corrected chi connectivity index (χ4v) is 2.17. The average Bonchev–Trinajstić information content (AvgIpc) is 2.35. The summed E-state index contributed by atoms with van der Waals surface area (Å²) in [5.41, 5.74) is 1.17. The molecule has 1 unspecified atom stereocenters. The van der Waals surface area contributed by atoms with E-state index >= 15 is 0 Å². The summed E-state index contributed by atoms with van der Waals surface area (Å²) in [4.78, 5) is 0. The Balaban J connectivity index is 2.36. The molecule has 0 amide bonds. The summed E-state index contributed by atoms with van der Waals surface area (Å²) in [5.74, 6) is 0.647. The Morgan fingerprint density at radius 3 is 2.68 bits per heavy atom. The Labute approximate surface area is 124 Å². The third-order valence-electron chi connectivity index (χ3n) is 2.65. The lowest BCUT2D eigenvalue weighted by Crippen LogP contribution is -2.34. The Bertz CT molecular complexity index is 358. The predicted molar refractivity (Wildman–Crippen MR) is 82.3 cm³/mol. The third kappa shape index (κ3) is 7.67. The highest BCUT2D eigenvalue weighted by Gasteiger charge is 2.09. The van der Waals surface area contributed by atoms with Crippen LogP contribution in [0.3, 0.4) is 0 Å². The smallest absolute Gasteiger partial charge is 0.0936 e. The van der Waals surface area contributed by atoms with E-state index in [0.29, 0.717) is 19.1 Å². The third-order valence-corrected chi connectivity index (χ3v) is 3.15. The second-order valence-electron chi connectivity index (χ2n) is 5.07. The summed E-state index contributed by atoms with van der Waals surface area (Å²) in [5, 5.41) is 3.40. The molecule has 0 spiro atoms. The Morgan fingerprint density at radius 2 is 2.05 bits per heavy atom. The summed E-state index contributed by atoms with van der Waals surface area (Å²) in [6, 6.07) is 8.17. The van der Waals surface area contributed by atoms with Crippen molar-refractivity contribution in [2.45, 2.75) is 26.6 Å². The van der Waals surface area contributed by atoms with Crippen molar-refractivity contribution in [2.24, 2.45) is 5.92 Å². The second-order valence-corrected chi connectivity index (χ2v) is 5.99. The molecule has 1 N–H and O–H groups in total. The van der Waals surface area contributed by atoms with Crippen molar-refractivity contribution in [3.8, 4) is 0 Å². The molecule has 0 radical (unpaired) electrons. The number of halogens is 1. The van der Waals surface area contributed by atoms with Gasteiger partial charge in [-0.1, -0.05) is 41.9 Å². The molecule has 0 saturated heterocycles. The van der Waals surface area contributed by atoms with Crippen molar-refractivity contribution in [3.63, 3.8) is 0 Å². The lowest BCUT2D eigenvalue weighted by Gasteiger charge is -2.18. The van der Waals surface area contributed by atoms with Crippen molar-refractivity contribution in [1.29, 1.82) is 0 Å². The van der Waals surface area contributed by atoms with Gasteiger partial charge in [-0.2, -0.15) is 0 Å². The lowest BCUT2D eigenvalue weighted by atomic mass is 10.2. The Hall–Kier alpha value is -0.420. The molecule has 0 fully saturated rings. The van der Waals surface area contributed by atoms with E-state index < -0.39 is 0 Å². The lowest BCUT2D eigenvalue weighted by molar-refractivity contribution is -0.0103. The van der Waals surface area contributed by atoms with Crippen molar-refractivity contribution in [2.75, 3.05) is 26.8 Å². The van der Waals surface area contributed by atoms with Gasteiger partial charge in [0.25, 0.3) is 0 Å². The number of nitrogens with one attached hydrogen (secondary N) is 1. The fourth-order valence-electron chi connectivity index (χ4n) is 1.73. The molecule has 4 heteroatoms. The topological polar surface area (TPSA) is 30.5 Å². The van der Waals surface area contributed by atoms with Crippen molar-refractivity contribution in [3.05, 3.63) is 34.3 Å². The van der Waals surface area contributed by atoms with Crippen LogP contribution >= 0.6 is 15.9 Å². The molecule has 0 aliphatic rings. The summed E-state index contributed by atoms with van der Waals surface area (Å²) < 4.78 is 12.2. The van der Waals surface area contributed by atoms with Gasteiger partial charge in [-0.05, 0) is 30.2 Å². The molecule has 1 atom stereocenters. The van der Waals surface area contributed by atoms with Gasteiger partial charge in [-0.25, -0.2) is 0 Å². The second kappa shape index (κ2) is 9.48. The minimum Gasteiger partial charge on any atom is -0.382 e. The maximum absolute atomic E-state index is 5.90. The number of ether oxygens (including phenoxy) is 2. The zero-order valence-corrected chi connectivity index (χ0v) is 13.6. The molecular formula is C15H24BrNO2. The zero-order chi connectivity index (χ0) is 14.1. The average molecular weight is 330 g/mol. The highest BCUT2D eigenvalue weighted by atomic mass is 79.9. The van der Waals surface area contributed by atoms with E-state index in [-0.39, 0.29) is 6.10 Å². The summed E-state index contributed by atoms with van der Waals surface area (Å²) >= 11 is 3.47. The maximum atomic E-state index is 5.90. The molecule has 1 aromatic carbocycles. The van der Waals surface area contributed by atoms with Crippen molar-refractivity contribution >= 4 is 15.9 Å². The highest BCUT2D eigenvalue weighted by molar-refractivity contribution is 9.10. The SMILES string of the molecule is COCC(CNCC(C)C)OCc1cccc(Br)c1. The van der Waals surface area contributed by atoms with Gasteiger partial charge in [0.05, 0.1) is 19.3 Å². The zero-order valence-electron chi connectivity index (χ0n) is 12.0. The van der Waals surface area contributed by atoms with Gasteiger partial charge in [0, 0.05) is 18.1 Å². The van der Waals surface area contributed by atoms with Crippen molar-refractivity contribution < 1.29 is 9.47 Å². The quantitative estimate of drug-likeness (QED) is 0.754. The normalized spacial score (nSPS) is 12.9. The molecule has 0 saturated carbocycles. The van der Waals surface area contributed by atoms with Crippen molar-refractivity contribution in [1.82, 2.24) is 5.32 Å². The summed E-state index contributed by atoms with van der Waals surface area (Å²) in [6.07, 6.45) is 0.0859. The standard InChI is InChI=1S/C15H24BrNO2/c1-12(2)8-17-9-15(11-18-3)19-10-13-5-4-6-14(16)7-13/h4-7,12,15,17H,8-11H2,1-3H3. The molecular weight excluding hydrogens is 306 g/mol. The molecule has 3 nitrogen and oxygen atoms in total. The van der Waals surface area contributed by atoms with Gasteiger partial charge in [0.2, 0.25) is 0 Å². The minimum atomic E-state index is 0.0859. The minimum absolute atomic E-state index is 0.0859. The number of benzene rings is 1. The van der Waals surface area contributed by atoms with Gasteiger partial charge < -0.3 is 14.8 Å². The molecule has 19 heavy (non-hydrogen) atoms. The monoisotopic (exact) mass is 329 g/mol. The van der Waals surface area contributed by atoms with E-state index in [1.807, 2.05) is 12.1 Å². The van der Waals surface area contributed by atoms with Gasteiger partial charge in [0.1, 0.15) is 0 Å².